The lowest BCUT2D eigenvalue weighted by Gasteiger charge is -2.37. The Labute approximate surface area is 124 Å². The van der Waals surface area contributed by atoms with Crippen molar-refractivity contribution in [2.24, 2.45) is 0 Å². The first-order valence-electron chi connectivity index (χ1n) is 7.78. The van der Waals surface area contributed by atoms with E-state index < -0.39 is 11.7 Å². The number of aliphatic hydroxyl groups excluding tert-OH is 1. The predicted molar refractivity (Wildman–Crippen MR) is 85.3 cm³/mol. The van der Waals surface area contributed by atoms with Crippen LogP contribution in [0.3, 0.4) is 0 Å². The van der Waals surface area contributed by atoms with Crippen LogP contribution in [0.1, 0.15) is 55.9 Å². The van der Waals surface area contributed by atoms with E-state index in [1.807, 2.05) is 6.92 Å². The van der Waals surface area contributed by atoms with E-state index in [2.05, 4.69) is 46.8 Å². The van der Waals surface area contributed by atoms with Gasteiger partial charge in [-0.25, -0.2) is 0 Å². The molecule has 0 heterocycles. The third-order valence-electron chi connectivity index (χ3n) is 4.47. The fraction of sp³-hybridized carbons (Fsp3) is 0.667. The molecule has 20 heavy (non-hydrogen) atoms. The molecule has 1 aromatic rings. The van der Waals surface area contributed by atoms with Crippen molar-refractivity contribution in [1.82, 2.24) is 0 Å². The number of rotatable bonds is 7. The molecule has 1 aromatic carbocycles. The third-order valence-corrected chi connectivity index (χ3v) is 4.47. The largest absolute Gasteiger partial charge is 0.390 e. The maximum absolute atomic E-state index is 10.7. The van der Waals surface area contributed by atoms with Crippen LogP contribution < -0.4 is 0 Å². The Balaban J connectivity index is 3.02. The van der Waals surface area contributed by atoms with E-state index in [1.165, 1.54) is 22.3 Å². The molecule has 0 radical (unpaired) electrons. The molecule has 0 saturated heterocycles. The van der Waals surface area contributed by atoms with Gasteiger partial charge >= 0.3 is 0 Å². The first kappa shape index (κ1) is 17.2. The summed E-state index contributed by atoms with van der Waals surface area (Å²) in [5.74, 6) is 0. The molecule has 0 spiro atoms. The maximum atomic E-state index is 10.7. The van der Waals surface area contributed by atoms with Crippen molar-refractivity contribution < 1.29 is 9.84 Å². The van der Waals surface area contributed by atoms with Gasteiger partial charge in [0.25, 0.3) is 0 Å². The van der Waals surface area contributed by atoms with E-state index in [-0.39, 0.29) is 0 Å². The van der Waals surface area contributed by atoms with Crippen LogP contribution in [0.2, 0.25) is 0 Å². The van der Waals surface area contributed by atoms with E-state index in [4.69, 9.17) is 4.74 Å². The summed E-state index contributed by atoms with van der Waals surface area (Å²) >= 11 is 0. The number of hydrogen-bond acceptors (Lipinski definition) is 2. The molecule has 0 aliphatic carbocycles. The monoisotopic (exact) mass is 278 g/mol. The first-order chi connectivity index (χ1) is 9.40. The second kappa shape index (κ2) is 7.24. The van der Waals surface area contributed by atoms with Crippen LogP contribution in [0.4, 0.5) is 0 Å². The zero-order valence-corrected chi connectivity index (χ0v) is 13.9. The molecule has 0 bridgehead atoms. The fourth-order valence-electron chi connectivity index (χ4n) is 3.22. The molecule has 0 fully saturated rings. The molecule has 1 rings (SSSR count). The Morgan fingerprint density at radius 3 is 1.95 bits per heavy atom. The van der Waals surface area contributed by atoms with E-state index in [0.717, 1.165) is 12.8 Å². The Morgan fingerprint density at radius 1 is 1.05 bits per heavy atom. The van der Waals surface area contributed by atoms with Gasteiger partial charge in [-0.2, -0.15) is 0 Å². The van der Waals surface area contributed by atoms with Crippen LogP contribution in [0.25, 0.3) is 0 Å². The Morgan fingerprint density at radius 2 is 1.55 bits per heavy atom. The maximum Gasteiger partial charge on any atom is 0.0938 e. The molecule has 0 aliphatic heterocycles. The summed E-state index contributed by atoms with van der Waals surface area (Å²) in [6, 6.07) is 4.38. The first-order valence-corrected chi connectivity index (χ1v) is 7.78. The zero-order valence-electron chi connectivity index (χ0n) is 13.9. The molecule has 1 atom stereocenters. The fourth-order valence-corrected chi connectivity index (χ4v) is 3.22. The van der Waals surface area contributed by atoms with Gasteiger partial charge in [-0.05, 0) is 57.2 Å². The second-order valence-electron chi connectivity index (χ2n) is 5.80. The molecule has 2 nitrogen and oxygen atoms in total. The van der Waals surface area contributed by atoms with Gasteiger partial charge in [0.1, 0.15) is 0 Å². The standard InChI is InChI=1S/C18H30O2/c1-7-18(8-2,20-9-3)17(19)12-16-14(5)10-13(4)11-15(16)6/h10-11,17,19H,7-9,12H2,1-6H3. The average Bonchev–Trinajstić information content (AvgIpc) is 2.40. The van der Waals surface area contributed by atoms with Gasteiger partial charge in [0, 0.05) is 13.0 Å². The predicted octanol–water partition coefficient (Wildman–Crippen LogP) is 4.11. The molecule has 0 aliphatic rings. The van der Waals surface area contributed by atoms with Crippen LogP contribution in [0.5, 0.6) is 0 Å². The number of benzene rings is 1. The van der Waals surface area contributed by atoms with E-state index in [1.54, 1.807) is 0 Å². The highest BCUT2D eigenvalue weighted by atomic mass is 16.5. The van der Waals surface area contributed by atoms with Crippen molar-refractivity contribution in [3.05, 3.63) is 34.4 Å². The number of ether oxygens (including phenoxy) is 1. The summed E-state index contributed by atoms with van der Waals surface area (Å²) < 4.78 is 5.92. The Bertz CT molecular complexity index is 410. The topological polar surface area (TPSA) is 29.5 Å². The van der Waals surface area contributed by atoms with Crippen molar-refractivity contribution in [2.45, 2.75) is 72.5 Å². The minimum atomic E-state index is -0.461. The lowest BCUT2D eigenvalue weighted by Crippen LogP contribution is -2.45. The van der Waals surface area contributed by atoms with E-state index >= 15 is 0 Å². The zero-order chi connectivity index (χ0) is 15.3. The number of aliphatic hydroxyl groups is 1. The lowest BCUT2D eigenvalue weighted by molar-refractivity contribution is -0.124. The summed E-state index contributed by atoms with van der Waals surface area (Å²) in [6.45, 7) is 13.2. The molecular formula is C18H30O2. The van der Waals surface area contributed by atoms with E-state index in [0.29, 0.717) is 13.0 Å². The van der Waals surface area contributed by atoms with Crippen molar-refractivity contribution in [3.8, 4) is 0 Å². The highest BCUT2D eigenvalue weighted by Crippen LogP contribution is 2.29. The summed E-state index contributed by atoms with van der Waals surface area (Å²) in [4.78, 5) is 0. The van der Waals surface area contributed by atoms with Gasteiger partial charge in [-0.15, -0.1) is 0 Å². The van der Waals surface area contributed by atoms with Crippen LogP contribution in [-0.2, 0) is 11.2 Å². The summed E-state index contributed by atoms with van der Waals surface area (Å²) in [7, 11) is 0. The van der Waals surface area contributed by atoms with Gasteiger partial charge in [0.05, 0.1) is 11.7 Å². The smallest absolute Gasteiger partial charge is 0.0938 e. The molecular weight excluding hydrogens is 248 g/mol. The van der Waals surface area contributed by atoms with E-state index in [9.17, 15) is 5.11 Å². The molecule has 0 saturated carbocycles. The Hall–Kier alpha value is -0.860. The van der Waals surface area contributed by atoms with Gasteiger partial charge in [-0.3, -0.25) is 0 Å². The molecule has 0 aromatic heterocycles. The second-order valence-corrected chi connectivity index (χ2v) is 5.80. The average molecular weight is 278 g/mol. The number of aryl methyl sites for hydroxylation is 3. The SMILES string of the molecule is CCOC(CC)(CC)C(O)Cc1c(C)cc(C)cc1C. The van der Waals surface area contributed by atoms with Gasteiger partial charge in [-0.1, -0.05) is 31.5 Å². The van der Waals surface area contributed by atoms with Crippen LogP contribution in [0, 0.1) is 20.8 Å². The molecule has 1 N–H and O–H groups in total. The molecule has 114 valence electrons. The highest BCUT2D eigenvalue weighted by Gasteiger charge is 2.35. The number of hydrogen-bond donors (Lipinski definition) is 1. The third kappa shape index (κ3) is 3.62. The van der Waals surface area contributed by atoms with Gasteiger partial charge in [0.15, 0.2) is 0 Å². The highest BCUT2D eigenvalue weighted by molar-refractivity contribution is 5.38. The Kier molecular flexibility index (Phi) is 6.22. The summed E-state index contributed by atoms with van der Waals surface area (Å²) in [6.07, 6.45) is 1.88. The minimum absolute atomic E-state index is 0.418. The van der Waals surface area contributed by atoms with Gasteiger partial charge < -0.3 is 9.84 Å². The molecule has 1 unspecified atom stereocenters. The van der Waals surface area contributed by atoms with Crippen molar-refractivity contribution in [3.63, 3.8) is 0 Å². The van der Waals surface area contributed by atoms with Crippen LogP contribution >= 0.6 is 0 Å². The van der Waals surface area contributed by atoms with Crippen LogP contribution in [-0.4, -0.2) is 23.4 Å². The quantitative estimate of drug-likeness (QED) is 0.813. The normalized spacial score (nSPS) is 13.6. The summed E-state index contributed by atoms with van der Waals surface area (Å²) in [5, 5.41) is 10.7. The minimum Gasteiger partial charge on any atom is -0.390 e. The van der Waals surface area contributed by atoms with Gasteiger partial charge in [0.2, 0.25) is 0 Å². The van der Waals surface area contributed by atoms with Crippen molar-refractivity contribution >= 4 is 0 Å². The molecule has 2 heteroatoms. The summed E-state index contributed by atoms with van der Waals surface area (Å²) in [5.41, 5.74) is 4.64. The van der Waals surface area contributed by atoms with Crippen molar-refractivity contribution in [2.75, 3.05) is 6.61 Å². The lowest BCUT2D eigenvalue weighted by atomic mass is 9.84. The molecule has 0 amide bonds. The van der Waals surface area contributed by atoms with Crippen molar-refractivity contribution in [1.29, 1.82) is 0 Å². The van der Waals surface area contributed by atoms with Crippen LogP contribution in [0.15, 0.2) is 12.1 Å².